The molecule has 3 rings (SSSR count). The molecule has 2 atom stereocenters. The molecular formula is C18H23ClN2O2RuS. The summed E-state index contributed by atoms with van der Waals surface area (Å²) in [7, 11) is 1.04. The monoisotopic (exact) mass is 468 g/mol. The molecule has 138 valence electrons. The van der Waals surface area contributed by atoms with Crippen LogP contribution in [0, 0.1) is 7.43 Å². The molecule has 0 aliphatic heterocycles. The molecule has 0 bridgehead atoms. The van der Waals surface area contributed by atoms with Crippen LogP contribution in [0.4, 0.5) is 0 Å². The van der Waals surface area contributed by atoms with Gasteiger partial charge in [0.1, 0.15) is 0 Å². The van der Waals surface area contributed by atoms with Crippen LogP contribution in [0.1, 0.15) is 31.2 Å². The van der Waals surface area contributed by atoms with Crippen LogP contribution in [0.2, 0.25) is 0 Å². The van der Waals surface area contributed by atoms with Crippen LogP contribution in [0.5, 0.6) is 0 Å². The molecule has 0 aromatic heterocycles. The molecule has 2 aromatic carbocycles. The predicted octanol–water partition coefficient (Wildman–Crippen LogP) is 5.54. The van der Waals surface area contributed by atoms with Crippen LogP contribution in [-0.2, 0) is 33.1 Å². The first-order chi connectivity index (χ1) is 11.5. The summed E-state index contributed by atoms with van der Waals surface area (Å²) in [6, 6.07) is 12.8. The fourth-order valence-electron chi connectivity index (χ4n) is 3.02. The fraction of sp³-hybridized carbons (Fsp3) is 0.389. The molecule has 0 spiro atoms. The second kappa shape index (κ2) is 10.6. The number of halogens is 1. The van der Waals surface area contributed by atoms with E-state index >= 15 is 0 Å². The molecule has 0 heterocycles. The Morgan fingerprint density at radius 3 is 2.40 bits per heavy atom. The van der Waals surface area contributed by atoms with Crippen molar-refractivity contribution in [1.82, 2.24) is 0 Å². The Hall–Kier alpha value is -0.517. The third-order valence-electron chi connectivity index (χ3n) is 4.19. The number of sulfonamides is 1. The number of nitrogens with zero attached hydrogens (tertiary/aromatic N) is 1. The molecule has 0 saturated heterocycles. The molecule has 25 heavy (non-hydrogen) atoms. The van der Waals surface area contributed by atoms with Gasteiger partial charge in [-0.1, -0.05) is 68.1 Å². The predicted molar refractivity (Wildman–Crippen MR) is 103 cm³/mol. The van der Waals surface area contributed by atoms with E-state index in [-0.39, 0.29) is 25.3 Å². The molecule has 0 amide bonds. The van der Waals surface area contributed by atoms with Crippen LogP contribution in [0.15, 0.2) is 42.5 Å². The van der Waals surface area contributed by atoms with Gasteiger partial charge in [-0.15, -0.1) is 6.04 Å². The van der Waals surface area contributed by atoms with E-state index in [1.165, 1.54) is 0 Å². The quantitative estimate of drug-likeness (QED) is 0.437. The van der Waals surface area contributed by atoms with Gasteiger partial charge in [-0.05, 0) is 16.3 Å². The van der Waals surface area contributed by atoms with Gasteiger partial charge in [0.05, 0.1) is 15.8 Å². The summed E-state index contributed by atoms with van der Waals surface area (Å²) >= 11 is 1.82. The zero-order valence-electron chi connectivity index (χ0n) is 14.1. The van der Waals surface area contributed by atoms with Gasteiger partial charge in [0.25, 0.3) is 0 Å². The molecule has 2 unspecified atom stereocenters. The van der Waals surface area contributed by atoms with E-state index in [2.05, 4.69) is 14.4 Å². The van der Waals surface area contributed by atoms with E-state index in [9.17, 15) is 8.42 Å². The van der Waals surface area contributed by atoms with Crippen molar-refractivity contribution in [2.75, 3.05) is 0 Å². The van der Waals surface area contributed by atoms with Gasteiger partial charge >= 0.3 is 27.0 Å². The summed E-state index contributed by atoms with van der Waals surface area (Å²) in [5.74, 6) is -0.0823. The zero-order chi connectivity index (χ0) is 17.6. The zero-order valence-corrected chi connectivity index (χ0v) is 17.4. The van der Waals surface area contributed by atoms with Crippen molar-refractivity contribution < 1.29 is 25.7 Å². The average molecular weight is 468 g/mol. The summed E-state index contributed by atoms with van der Waals surface area (Å²) < 4.78 is 28.6. The van der Waals surface area contributed by atoms with E-state index in [0.29, 0.717) is 6.42 Å². The Bertz CT molecular complexity index is 771. The minimum Gasteiger partial charge on any atom is -0.676 e. The number of benzene rings is 2. The first-order valence-corrected chi connectivity index (χ1v) is 11.7. The molecule has 1 N–H and O–H groups in total. The Balaban J connectivity index is 0.00000101. The Morgan fingerprint density at radius 1 is 1.08 bits per heavy atom. The van der Waals surface area contributed by atoms with Crippen molar-refractivity contribution in [3.63, 3.8) is 0 Å². The third kappa shape index (κ3) is 6.61. The molecule has 4 nitrogen and oxygen atoms in total. The molecule has 1 saturated carbocycles. The Kier molecular flexibility index (Phi) is 9.54. The Labute approximate surface area is 165 Å². The van der Waals surface area contributed by atoms with Crippen LogP contribution in [0.3, 0.4) is 0 Å². The fourth-order valence-corrected chi connectivity index (χ4v) is 4.36. The van der Waals surface area contributed by atoms with E-state index in [1.807, 2.05) is 59.8 Å². The van der Waals surface area contributed by atoms with Gasteiger partial charge in [0, 0.05) is 0 Å². The normalized spacial score (nSPS) is 20.2. The SMILES string of the molecule is [CH3-].[Cl][Ru+3].[NH-]C1CCCCC1[N-]S(=O)(=O)Cc1ccc2ccccc2c1. The minimum atomic E-state index is -3.53. The number of fused-ring (bicyclic) bond motifs is 1. The first-order valence-electron chi connectivity index (χ1n) is 7.80. The van der Waals surface area contributed by atoms with Gasteiger partial charge in [-0.25, -0.2) is 8.42 Å². The van der Waals surface area contributed by atoms with Gasteiger partial charge in [0.2, 0.25) is 0 Å². The summed E-state index contributed by atoms with van der Waals surface area (Å²) in [4.78, 5) is 0. The van der Waals surface area contributed by atoms with Crippen molar-refractivity contribution in [2.24, 2.45) is 0 Å². The van der Waals surface area contributed by atoms with E-state index in [0.717, 1.165) is 35.6 Å². The standard InChI is InChI=1S/C17H20N2O2S.CH3.ClH.Ru/c18-16-7-3-4-8-17(16)19-22(20,21)12-13-9-10-14-5-1-2-6-15(14)11-13;;;/h1-2,5-6,9-11,16-18H,3-4,7-8,12H2;1H3;1H;/q-2;-1;;+4/p-1. The molecule has 2 aromatic rings. The van der Waals surface area contributed by atoms with E-state index in [4.69, 9.17) is 5.73 Å². The number of hydrogen-bond acceptors (Lipinski definition) is 2. The van der Waals surface area contributed by atoms with Gasteiger partial charge < -0.3 is 17.9 Å². The average Bonchev–Trinajstić information content (AvgIpc) is 2.58. The van der Waals surface area contributed by atoms with Crippen molar-refractivity contribution in [3.05, 3.63) is 65.9 Å². The maximum Gasteiger partial charge on any atom is 0.0765 e. The van der Waals surface area contributed by atoms with Crippen LogP contribution < -0.4 is 0 Å². The largest absolute Gasteiger partial charge is 0.676 e. The maximum absolute atomic E-state index is 12.3. The first kappa shape index (κ1) is 22.5. The Morgan fingerprint density at radius 2 is 1.72 bits per heavy atom. The van der Waals surface area contributed by atoms with Crippen molar-refractivity contribution in [3.8, 4) is 0 Å². The van der Waals surface area contributed by atoms with Gasteiger partial charge in [0.15, 0.2) is 0 Å². The molecular weight excluding hydrogens is 445 g/mol. The molecule has 0 radical (unpaired) electrons. The third-order valence-corrected chi connectivity index (χ3v) is 5.48. The van der Waals surface area contributed by atoms with Crippen molar-refractivity contribution in [2.45, 2.75) is 43.5 Å². The van der Waals surface area contributed by atoms with Gasteiger partial charge in [-0.2, -0.15) is 6.04 Å². The number of nitrogens with one attached hydrogen (secondary N) is 1. The smallest absolute Gasteiger partial charge is 0.0765 e. The molecule has 1 fully saturated rings. The summed E-state index contributed by atoms with van der Waals surface area (Å²) in [5, 5.41) is 2.13. The number of rotatable bonds is 4. The van der Waals surface area contributed by atoms with Gasteiger partial charge in [-0.3, -0.25) is 0 Å². The van der Waals surface area contributed by atoms with Crippen molar-refractivity contribution >= 4 is 30.5 Å². The summed E-state index contributed by atoms with van der Waals surface area (Å²) in [6.45, 7) is 0. The second-order valence-corrected chi connectivity index (χ2v) is 7.63. The van der Waals surface area contributed by atoms with E-state index < -0.39 is 10.0 Å². The molecule has 1 aliphatic rings. The molecule has 1 aliphatic carbocycles. The maximum atomic E-state index is 12.3. The second-order valence-electron chi connectivity index (χ2n) is 5.97. The summed E-state index contributed by atoms with van der Waals surface area (Å²) in [6.07, 6.45) is 3.44. The topological polar surface area (TPSA) is 72.0 Å². The van der Waals surface area contributed by atoms with Crippen LogP contribution >= 0.6 is 9.69 Å². The summed E-state index contributed by atoms with van der Waals surface area (Å²) in [5.41, 5.74) is 8.69. The minimum absolute atomic E-state index is 0. The molecule has 7 heteroatoms. The van der Waals surface area contributed by atoms with E-state index in [1.54, 1.807) is 0 Å². The van der Waals surface area contributed by atoms with Crippen molar-refractivity contribution in [1.29, 1.82) is 0 Å². The number of hydrogen-bond donors (Lipinski definition) is 0. The van der Waals surface area contributed by atoms with Crippen LogP contribution in [0.25, 0.3) is 21.2 Å². The van der Waals surface area contributed by atoms with Crippen LogP contribution in [-0.4, -0.2) is 20.5 Å².